The molecule has 0 atom stereocenters. The van der Waals surface area contributed by atoms with Gasteiger partial charge in [-0.1, -0.05) is 0 Å². The Morgan fingerprint density at radius 1 is 0.414 bits per heavy atom. The molecule has 0 spiro atoms. The fraction of sp³-hybridized carbons (Fsp3) is 0.308. The fourth-order valence-electron chi connectivity index (χ4n) is 1.67. The van der Waals surface area contributed by atoms with Gasteiger partial charge in [-0.15, -0.1) is 34.9 Å². The summed E-state index contributed by atoms with van der Waals surface area (Å²) >= 11 is 5.89. The first kappa shape index (κ1) is 19.9. The van der Waals surface area contributed by atoms with Crippen molar-refractivity contribution in [3.05, 3.63) is 5.28 Å². The quantitative estimate of drug-likeness (QED) is 0.488. The van der Waals surface area contributed by atoms with Crippen molar-refractivity contribution in [3.63, 3.8) is 0 Å². The summed E-state index contributed by atoms with van der Waals surface area (Å²) in [5, 5.41) is -0.244. The van der Waals surface area contributed by atoms with E-state index in [0.717, 1.165) is 0 Å². The average molecular weight is 426 g/mol. The minimum absolute atomic E-state index is 0.0483. The molecule has 16 heteroatoms. The van der Waals surface area contributed by atoms with Gasteiger partial charge in [-0.3, -0.25) is 0 Å². The first-order valence-electron chi connectivity index (χ1n) is 7.48. The Morgan fingerprint density at radius 2 is 0.655 bits per heavy atom. The van der Waals surface area contributed by atoms with Crippen LogP contribution in [0.3, 0.4) is 0 Å². The highest BCUT2D eigenvalue weighted by molar-refractivity contribution is 6.28. The number of halogens is 1. The van der Waals surface area contributed by atoms with Gasteiger partial charge in [0.2, 0.25) is 5.28 Å². The summed E-state index contributed by atoms with van der Waals surface area (Å²) in [6.07, 6.45) is 0. The molecule has 0 aliphatic carbocycles. The molecule has 0 N–H and O–H groups in total. The molecule has 0 radical (unpaired) electrons. The van der Waals surface area contributed by atoms with E-state index in [1.165, 1.54) is 28.4 Å². The lowest BCUT2D eigenvalue weighted by atomic mass is 10.9. The van der Waals surface area contributed by atoms with Gasteiger partial charge < -0.3 is 28.4 Å². The van der Waals surface area contributed by atoms with Gasteiger partial charge in [-0.25, -0.2) is 0 Å². The van der Waals surface area contributed by atoms with Crippen LogP contribution in [0, 0.1) is 0 Å². The minimum Gasteiger partial charge on any atom is -0.467 e. The molecule has 3 aromatic rings. The lowest BCUT2D eigenvalue weighted by Crippen LogP contribution is -2.05. The number of methoxy groups -OCH3 is 4. The summed E-state index contributed by atoms with van der Waals surface area (Å²) in [7, 11) is 5.45. The lowest BCUT2D eigenvalue weighted by Gasteiger charge is -2.07. The second-order valence-electron chi connectivity index (χ2n) is 4.56. The van der Waals surface area contributed by atoms with Gasteiger partial charge in [-0.05, 0) is 11.6 Å². The molecule has 29 heavy (non-hydrogen) atoms. The molecule has 0 aromatic carbocycles. The van der Waals surface area contributed by atoms with Crippen LogP contribution in [0.4, 0.5) is 0 Å². The van der Waals surface area contributed by atoms with Gasteiger partial charge in [0.1, 0.15) is 0 Å². The normalized spacial score (nSPS) is 10.2. The summed E-state index contributed by atoms with van der Waals surface area (Å²) in [6.45, 7) is 0. The van der Waals surface area contributed by atoms with Gasteiger partial charge in [0.25, 0.3) is 0 Å². The Bertz CT molecular complexity index is 890. The van der Waals surface area contributed by atoms with E-state index >= 15 is 0 Å². The van der Waals surface area contributed by atoms with Crippen LogP contribution in [0.25, 0.3) is 0 Å². The molecule has 152 valence electrons. The number of aromatic nitrogens is 9. The summed E-state index contributed by atoms with van der Waals surface area (Å²) < 4.78 is 30.5. The van der Waals surface area contributed by atoms with Crippen molar-refractivity contribution in [1.29, 1.82) is 0 Å². The monoisotopic (exact) mass is 425 g/mol. The molecule has 3 heterocycles. The van der Waals surface area contributed by atoms with E-state index in [2.05, 4.69) is 44.9 Å². The van der Waals surface area contributed by atoms with Crippen LogP contribution in [-0.2, 0) is 0 Å². The van der Waals surface area contributed by atoms with Crippen molar-refractivity contribution in [1.82, 2.24) is 44.9 Å². The highest BCUT2D eigenvalue weighted by Crippen LogP contribution is 2.23. The van der Waals surface area contributed by atoms with Gasteiger partial charge in [-0.2, -0.15) is 9.97 Å². The highest BCUT2D eigenvalue weighted by Gasteiger charge is 2.16. The zero-order chi connectivity index (χ0) is 20.8. The summed E-state index contributed by atoms with van der Waals surface area (Å²) in [6, 6.07) is -1.20. The molecule has 15 nitrogen and oxygen atoms in total. The molecule has 3 aromatic heterocycles. The van der Waals surface area contributed by atoms with Crippen molar-refractivity contribution in [3.8, 4) is 48.1 Å². The van der Waals surface area contributed by atoms with Crippen LogP contribution < -0.4 is 28.4 Å². The topological polar surface area (TPSA) is 171 Å². The molecule has 3 rings (SSSR count). The molecule has 0 aliphatic heterocycles. The van der Waals surface area contributed by atoms with Crippen molar-refractivity contribution < 1.29 is 28.4 Å². The van der Waals surface area contributed by atoms with E-state index in [1.807, 2.05) is 0 Å². The van der Waals surface area contributed by atoms with Crippen LogP contribution in [-0.4, -0.2) is 73.3 Å². The van der Waals surface area contributed by atoms with Crippen LogP contribution in [0.2, 0.25) is 5.28 Å². The molecule has 0 aliphatic rings. The molecule has 0 unspecified atom stereocenters. The van der Waals surface area contributed by atoms with Gasteiger partial charge in [0.15, 0.2) is 0 Å². The third kappa shape index (κ3) is 5.10. The Balaban J connectivity index is 1.87. The van der Waals surface area contributed by atoms with Crippen LogP contribution >= 0.6 is 11.6 Å². The molecule has 0 saturated heterocycles. The number of hydrogen-bond acceptors (Lipinski definition) is 15. The lowest BCUT2D eigenvalue weighted by molar-refractivity contribution is 0.306. The van der Waals surface area contributed by atoms with E-state index in [1.54, 1.807) is 0 Å². The Kier molecular flexibility index (Phi) is 6.08. The Morgan fingerprint density at radius 3 is 0.966 bits per heavy atom. The third-order valence-corrected chi connectivity index (χ3v) is 2.98. The van der Waals surface area contributed by atoms with Gasteiger partial charge in [0, 0.05) is 0 Å². The zero-order valence-corrected chi connectivity index (χ0v) is 16.1. The van der Waals surface area contributed by atoms with Crippen LogP contribution in [0.1, 0.15) is 0 Å². The van der Waals surface area contributed by atoms with E-state index in [-0.39, 0.29) is 53.4 Å². The van der Waals surface area contributed by atoms with E-state index < -0.39 is 0 Å². The standard InChI is InChI=1S/C13H12ClN9O6/c1-24-6-17-7(25-2)20-12(19-6)28-10-15-5(14)16-11(23-10)29-13-21-8(26-3)18-9(22-13)27-4/h1-4H3. The minimum atomic E-state index is -0.289. The van der Waals surface area contributed by atoms with Crippen molar-refractivity contribution >= 4 is 11.6 Å². The Hall–Kier alpha value is -3.88. The second kappa shape index (κ2) is 8.87. The first-order chi connectivity index (χ1) is 14.0. The molecular formula is C13H12ClN9O6. The largest absolute Gasteiger partial charge is 0.467 e. The number of hydrogen-bond donors (Lipinski definition) is 0. The van der Waals surface area contributed by atoms with E-state index in [9.17, 15) is 0 Å². The first-order valence-corrected chi connectivity index (χ1v) is 7.86. The fourth-order valence-corrected chi connectivity index (χ4v) is 1.81. The van der Waals surface area contributed by atoms with Crippen LogP contribution in [0.5, 0.6) is 48.1 Å². The average Bonchev–Trinajstić information content (AvgIpc) is 2.72. The second-order valence-corrected chi connectivity index (χ2v) is 4.89. The predicted molar refractivity (Wildman–Crippen MR) is 90.8 cm³/mol. The summed E-state index contributed by atoms with van der Waals surface area (Å²) in [4.78, 5) is 34.8. The maximum atomic E-state index is 5.89. The maximum absolute atomic E-state index is 5.89. The van der Waals surface area contributed by atoms with Crippen molar-refractivity contribution in [2.24, 2.45) is 0 Å². The summed E-state index contributed by atoms with van der Waals surface area (Å²) in [5.74, 6) is 0. The molecule has 0 amide bonds. The van der Waals surface area contributed by atoms with Gasteiger partial charge in [0.05, 0.1) is 28.4 Å². The number of ether oxygens (including phenoxy) is 6. The van der Waals surface area contributed by atoms with Gasteiger partial charge >= 0.3 is 48.1 Å². The molecule has 0 fully saturated rings. The zero-order valence-electron chi connectivity index (χ0n) is 15.4. The SMILES string of the molecule is COc1nc(OC)nc(Oc2nc(Cl)nc(Oc3nc(OC)nc(OC)n3)n2)n1. The van der Waals surface area contributed by atoms with Crippen molar-refractivity contribution in [2.75, 3.05) is 28.4 Å². The predicted octanol–water partition coefficient (Wildman–Crippen LogP) is 0.514. The summed E-state index contributed by atoms with van der Waals surface area (Å²) in [5.41, 5.74) is 0. The number of rotatable bonds is 8. The molecule has 0 saturated carbocycles. The molecule has 0 bridgehead atoms. The smallest absolute Gasteiger partial charge is 0.333 e. The van der Waals surface area contributed by atoms with Crippen molar-refractivity contribution in [2.45, 2.75) is 0 Å². The van der Waals surface area contributed by atoms with E-state index in [0.29, 0.717) is 0 Å². The van der Waals surface area contributed by atoms with E-state index in [4.69, 9.17) is 40.0 Å². The van der Waals surface area contributed by atoms with Crippen LogP contribution in [0.15, 0.2) is 0 Å². The number of nitrogens with zero attached hydrogens (tertiary/aromatic N) is 9. The Labute approximate surface area is 167 Å². The highest BCUT2D eigenvalue weighted by atomic mass is 35.5. The maximum Gasteiger partial charge on any atom is 0.333 e. The molecular weight excluding hydrogens is 414 g/mol. The third-order valence-electron chi connectivity index (χ3n) is 2.81.